The van der Waals surface area contributed by atoms with Crippen LogP contribution in [-0.4, -0.2) is 0 Å². The van der Waals surface area contributed by atoms with E-state index in [9.17, 15) is 0 Å². The van der Waals surface area contributed by atoms with Crippen LogP contribution >= 0.6 is 0 Å². The lowest BCUT2D eigenvalue weighted by molar-refractivity contribution is 0.407. The van der Waals surface area contributed by atoms with Crippen molar-refractivity contribution in [2.75, 3.05) is 0 Å². The van der Waals surface area contributed by atoms with E-state index in [0.717, 1.165) is 5.92 Å². The van der Waals surface area contributed by atoms with Gasteiger partial charge in [-0.1, -0.05) is 88.1 Å². The van der Waals surface area contributed by atoms with Crippen molar-refractivity contribution >= 4 is 0 Å². The number of unbranched alkanes of at least 4 members (excludes halogenated alkanes) is 2. The Morgan fingerprint density at radius 3 is 2.22 bits per heavy atom. The van der Waals surface area contributed by atoms with E-state index < -0.39 is 0 Å². The lowest BCUT2D eigenvalue weighted by atomic mass is 9.93. The van der Waals surface area contributed by atoms with Gasteiger partial charge in [-0.15, -0.1) is 0 Å². The highest BCUT2D eigenvalue weighted by Gasteiger charge is 2.11. The zero-order chi connectivity index (χ0) is 12.5. The SMILES string of the molecule is c1ccc(CCCCCC2CCCCCC2)cc1. The maximum atomic E-state index is 2.26. The Morgan fingerprint density at radius 2 is 1.50 bits per heavy atom. The van der Waals surface area contributed by atoms with E-state index in [0.29, 0.717) is 0 Å². The van der Waals surface area contributed by atoms with Crippen LogP contribution in [0, 0.1) is 5.92 Å². The Kier molecular flexibility index (Phi) is 6.33. The zero-order valence-corrected chi connectivity index (χ0v) is 11.7. The van der Waals surface area contributed by atoms with E-state index in [1.54, 1.807) is 0 Å². The van der Waals surface area contributed by atoms with Crippen molar-refractivity contribution in [3.63, 3.8) is 0 Å². The van der Waals surface area contributed by atoms with Gasteiger partial charge in [0.2, 0.25) is 0 Å². The first-order valence-electron chi connectivity index (χ1n) is 7.99. The Labute approximate surface area is 113 Å². The molecule has 1 aliphatic carbocycles. The van der Waals surface area contributed by atoms with Gasteiger partial charge in [0.05, 0.1) is 0 Å². The minimum absolute atomic E-state index is 1.06. The van der Waals surface area contributed by atoms with Crippen LogP contribution in [0.1, 0.15) is 69.8 Å². The van der Waals surface area contributed by atoms with Gasteiger partial charge in [0.15, 0.2) is 0 Å². The van der Waals surface area contributed by atoms with Crippen LogP contribution in [0.2, 0.25) is 0 Å². The third kappa shape index (κ3) is 5.25. The molecule has 1 aromatic carbocycles. The molecule has 0 spiro atoms. The van der Waals surface area contributed by atoms with Crippen molar-refractivity contribution in [2.24, 2.45) is 5.92 Å². The predicted octanol–water partition coefficient (Wildman–Crippen LogP) is 5.76. The average Bonchev–Trinajstić information content (AvgIpc) is 2.68. The maximum Gasteiger partial charge on any atom is -0.0279 e. The first-order chi connectivity index (χ1) is 8.95. The smallest absolute Gasteiger partial charge is 0.0279 e. The van der Waals surface area contributed by atoms with Gasteiger partial charge in [-0.05, 0) is 24.3 Å². The van der Waals surface area contributed by atoms with Crippen molar-refractivity contribution in [2.45, 2.75) is 70.6 Å². The van der Waals surface area contributed by atoms with Crippen LogP contribution in [0.4, 0.5) is 0 Å². The summed E-state index contributed by atoms with van der Waals surface area (Å²) in [5.41, 5.74) is 1.51. The van der Waals surface area contributed by atoms with Crippen LogP contribution in [0.3, 0.4) is 0 Å². The third-order valence-electron chi connectivity index (χ3n) is 4.40. The number of hydrogen-bond acceptors (Lipinski definition) is 0. The quantitative estimate of drug-likeness (QED) is 0.441. The van der Waals surface area contributed by atoms with Gasteiger partial charge in [-0.25, -0.2) is 0 Å². The predicted molar refractivity (Wildman–Crippen MR) is 79.8 cm³/mol. The lowest BCUT2D eigenvalue weighted by Gasteiger charge is -2.13. The van der Waals surface area contributed by atoms with Gasteiger partial charge in [0.1, 0.15) is 0 Å². The van der Waals surface area contributed by atoms with E-state index in [2.05, 4.69) is 30.3 Å². The lowest BCUT2D eigenvalue weighted by Crippen LogP contribution is -1.98. The van der Waals surface area contributed by atoms with Crippen molar-refractivity contribution in [3.8, 4) is 0 Å². The summed E-state index contributed by atoms with van der Waals surface area (Å²) in [7, 11) is 0. The molecule has 100 valence electrons. The molecule has 0 bridgehead atoms. The fourth-order valence-corrected chi connectivity index (χ4v) is 3.24. The monoisotopic (exact) mass is 244 g/mol. The maximum absolute atomic E-state index is 2.26. The molecule has 18 heavy (non-hydrogen) atoms. The molecule has 0 aliphatic heterocycles. The molecule has 0 saturated heterocycles. The van der Waals surface area contributed by atoms with E-state index in [1.807, 2.05) is 0 Å². The minimum Gasteiger partial charge on any atom is -0.0622 e. The van der Waals surface area contributed by atoms with E-state index in [4.69, 9.17) is 0 Å². The summed E-state index contributed by atoms with van der Waals surface area (Å²) in [5, 5.41) is 0. The second-order valence-electron chi connectivity index (χ2n) is 5.94. The van der Waals surface area contributed by atoms with Gasteiger partial charge < -0.3 is 0 Å². The summed E-state index contributed by atoms with van der Waals surface area (Å²) in [4.78, 5) is 0. The molecule has 1 saturated carbocycles. The second kappa shape index (κ2) is 8.34. The molecule has 2 rings (SSSR count). The largest absolute Gasteiger partial charge is 0.0622 e. The van der Waals surface area contributed by atoms with Gasteiger partial charge >= 0.3 is 0 Å². The highest BCUT2D eigenvalue weighted by Crippen LogP contribution is 2.27. The second-order valence-corrected chi connectivity index (χ2v) is 5.94. The molecule has 0 radical (unpaired) electrons. The minimum atomic E-state index is 1.06. The fraction of sp³-hybridized carbons (Fsp3) is 0.667. The van der Waals surface area contributed by atoms with Crippen LogP contribution in [0.15, 0.2) is 30.3 Å². The molecule has 0 amide bonds. The third-order valence-corrected chi connectivity index (χ3v) is 4.40. The summed E-state index contributed by atoms with van der Waals surface area (Å²) in [6.07, 6.45) is 16.0. The Bertz CT molecular complexity index is 293. The summed E-state index contributed by atoms with van der Waals surface area (Å²) in [5.74, 6) is 1.06. The first-order valence-corrected chi connectivity index (χ1v) is 7.99. The van der Waals surface area contributed by atoms with Crippen molar-refractivity contribution in [1.29, 1.82) is 0 Å². The van der Waals surface area contributed by atoms with E-state index in [1.165, 1.54) is 76.2 Å². The molecule has 0 heterocycles. The van der Waals surface area contributed by atoms with Gasteiger partial charge in [-0.3, -0.25) is 0 Å². The average molecular weight is 244 g/mol. The van der Waals surface area contributed by atoms with Crippen molar-refractivity contribution < 1.29 is 0 Å². The van der Waals surface area contributed by atoms with Crippen LogP contribution < -0.4 is 0 Å². The number of benzene rings is 1. The Morgan fingerprint density at radius 1 is 0.778 bits per heavy atom. The van der Waals surface area contributed by atoms with E-state index in [-0.39, 0.29) is 0 Å². The van der Waals surface area contributed by atoms with Gasteiger partial charge in [0, 0.05) is 0 Å². The van der Waals surface area contributed by atoms with Crippen LogP contribution in [-0.2, 0) is 6.42 Å². The first kappa shape index (κ1) is 13.6. The standard InChI is InChI=1S/C18H28/c1-2-6-12-17(11-5-1)13-7-3-8-14-18-15-9-4-10-16-18/h4,9-10,15-17H,1-3,5-8,11-14H2. The molecule has 0 atom stereocenters. The van der Waals surface area contributed by atoms with Crippen molar-refractivity contribution in [3.05, 3.63) is 35.9 Å². The van der Waals surface area contributed by atoms with Crippen LogP contribution in [0.5, 0.6) is 0 Å². The summed E-state index contributed by atoms with van der Waals surface area (Å²) in [6.45, 7) is 0. The molecule has 0 heteroatoms. The topological polar surface area (TPSA) is 0 Å². The molecule has 0 N–H and O–H groups in total. The van der Waals surface area contributed by atoms with E-state index >= 15 is 0 Å². The number of rotatable bonds is 6. The molecule has 1 aromatic rings. The Balaban J connectivity index is 1.53. The zero-order valence-electron chi connectivity index (χ0n) is 11.7. The summed E-state index contributed by atoms with van der Waals surface area (Å²) < 4.78 is 0. The van der Waals surface area contributed by atoms with Crippen molar-refractivity contribution in [1.82, 2.24) is 0 Å². The molecular weight excluding hydrogens is 216 g/mol. The fourth-order valence-electron chi connectivity index (χ4n) is 3.24. The summed E-state index contributed by atoms with van der Waals surface area (Å²) >= 11 is 0. The number of aryl methyl sites for hydroxylation is 1. The molecule has 1 aliphatic rings. The van der Waals surface area contributed by atoms with Gasteiger partial charge in [-0.2, -0.15) is 0 Å². The highest BCUT2D eigenvalue weighted by molar-refractivity contribution is 5.14. The molecule has 0 nitrogen and oxygen atoms in total. The normalized spacial score (nSPS) is 17.6. The summed E-state index contributed by atoms with van der Waals surface area (Å²) in [6, 6.07) is 10.9. The molecular formula is C18H28. The molecule has 1 fully saturated rings. The molecule has 0 aromatic heterocycles. The molecule has 0 unspecified atom stereocenters. The number of hydrogen-bond donors (Lipinski definition) is 0. The van der Waals surface area contributed by atoms with Crippen LogP contribution in [0.25, 0.3) is 0 Å². The van der Waals surface area contributed by atoms with Gasteiger partial charge in [0.25, 0.3) is 0 Å². The Hall–Kier alpha value is -0.780. The highest BCUT2D eigenvalue weighted by atomic mass is 14.2.